The number of ether oxygens (including phenoxy) is 1. The van der Waals surface area contributed by atoms with Crippen LogP contribution in [0.5, 0.6) is 5.75 Å². The highest BCUT2D eigenvalue weighted by molar-refractivity contribution is 5.83. The number of guanidine groups is 1. The molecular formula is C25H44N4O. The lowest BCUT2D eigenvalue weighted by Crippen LogP contribution is -2.48. The molecule has 30 heavy (non-hydrogen) atoms. The van der Waals surface area contributed by atoms with Crippen molar-refractivity contribution in [2.45, 2.75) is 66.7 Å². The highest BCUT2D eigenvalue weighted by Crippen LogP contribution is 2.22. The molecule has 1 heterocycles. The molecule has 170 valence electrons. The molecule has 0 aliphatic carbocycles. The fraction of sp³-hybridized carbons (Fsp3) is 0.720. The van der Waals surface area contributed by atoms with Crippen LogP contribution in [-0.2, 0) is 0 Å². The van der Waals surface area contributed by atoms with Gasteiger partial charge in [0.25, 0.3) is 0 Å². The van der Waals surface area contributed by atoms with E-state index in [1.807, 2.05) is 24.3 Å². The Labute approximate surface area is 184 Å². The Morgan fingerprint density at radius 2 is 1.87 bits per heavy atom. The van der Waals surface area contributed by atoms with E-state index in [0.29, 0.717) is 6.54 Å². The molecule has 0 atom stereocenters. The number of nitrogens with one attached hydrogen (secondary N) is 1. The number of hydrogen-bond donors (Lipinski definition) is 2. The molecule has 3 N–H and O–H groups in total. The molecule has 1 saturated heterocycles. The quantitative estimate of drug-likeness (QED) is 0.313. The van der Waals surface area contributed by atoms with E-state index in [-0.39, 0.29) is 5.41 Å². The number of likely N-dealkylation sites (tertiary alicyclic amines) is 1. The van der Waals surface area contributed by atoms with Gasteiger partial charge in [-0.3, -0.25) is 0 Å². The van der Waals surface area contributed by atoms with Gasteiger partial charge in [-0.2, -0.15) is 0 Å². The third-order valence-corrected chi connectivity index (χ3v) is 5.88. The van der Waals surface area contributed by atoms with Crippen molar-refractivity contribution in [3.63, 3.8) is 0 Å². The second-order valence-corrected chi connectivity index (χ2v) is 10.1. The summed E-state index contributed by atoms with van der Waals surface area (Å²) in [6.07, 6.45) is 6.03. The van der Waals surface area contributed by atoms with Gasteiger partial charge in [0, 0.05) is 19.6 Å². The molecule has 0 aromatic heterocycles. The molecule has 1 aromatic carbocycles. The SMILES string of the molecule is CC(C)CCCCOc1ccc(/N=C(/NCC(C)(C)CN)N2CCC(C)CC2)cc1. The lowest BCUT2D eigenvalue weighted by molar-refractivity contribution is 0.269. The third kappa shape index (κ3) is 8.95. The summed E-state index contributed by atoms with van der Waals surface area (Å²) < 4.78 is 5.89. The maximum absolute atomic E-state index is 5.92. The topological polar surface area (TPSA) is 62.9 Å². The fourth-order valence-corrected chi connectivity index (χ4v) is 3.42. The van der Waals surface area contributed by atoms with Gasteiger partial charge < -0.3 is 20.7 Å². The monoisotopic (exact) mass is 416 g/mol. The standard InChI is InChI=1S/C25H44N4O/c1-20(2)8-6-7-17-30-23-11-9-22(10-12-23)28-24(27-19-25(4,5)18-26)29-15-13-21(3)14-16-29/h9-12,20-21H,6-8,13-19,26H2,1-5H3,(H,27,28). The molecule has 1 aliphatic heterocycles. The Morgan fingerprint density at radius 1 is 1.20 bits per heavy atom. The van der Waals surface area contributed by atoms with Gasteiger partial charge in [0.1, 0.15) is 5.75 Å². The van der Waals surface area contributed by atoms with E-state index in [1.54, 1.807) is 0 Å². The molecule has 0 unspecified atom stereocenters. The number of benzene rings is 1. The minimum absolute atomic E-state index is 0.0388. The number of aliphatic imine (C=N–C) groups is 1. The summed E-state index contributed by atoms with van der Waals surface area (Å²) in [5, 5.41) is 3.58. The van der Waals surface area contributed by atoms with E-state index in [0.717, 1.165) is 61.9 Å². The van der Waals surface area contributed by atoms with Gasteiger partial charge >= 0.3 is 0 Å². The molecular weight excluding hydrogens is 372 g/mol. The maximum Gasteiger partial charge on any atom is 0.199 e. The predicted octanol–water partition coefficient (Wildman–Crippen LogP) is 5.19. The lowest BCUT2D eigenvalue weighted by Gasteiger charge is -2.34. The average molecular weight is 417 g/mol. The summed E-state index contributed by atoms with van der Waals surface area (Å²) in [6.45, 7) is 15.6. The summed E-state index contributed by atoms with van der Waals surface area (Å²) >= 11 is 0. The summed E-state index contributed by atoms with van der Waals surface area (Å²) in [4.78, 5) is 7.33. The molecule has 0 spiro atoms. The van der Waals surface area contributed by atoms with Crippen LogP contribution in [0.15, 0.2) is 29.3 Å². The third-order valence-electron chi connectivity index (χ3n) is 5.88. The van der Waals surface area contributed by atoms with Gasteiger partial charge in [-0.25, -0.2) is 4.99 Å². The normalized spacial score (nSPS) is 16.2. The van der Waals surface area contributed by atoms with Crippen molar-refractivity contribution in [3.8, 4) is 5.75 Å². The number of nitrogens with zero attached hydrogens (tertiary/aromatic N) is 2. The first-order valence-electron chi connectivity index (χ1n) is 11.8. The van der Waals surface area contributed by atoms with Gasteiger partial charge in [0.2, 0.25) is 0 Å². The summed E-state index contributed by atoms with van der Waals surface area (Å²) in [5.74, 6) is 3.44. The minimum Gasteiger partial charge on any atom is -0.494 e. The molecule has 0 radical (unpaired) electrons. The van der Waals surface area contributed by atoms with Crippen LogP contribution in [0.2, 0.25) is 0 Å². The first-order valence-corrected chi connectivity index (χ1v) is 11.8. The largest absolute Gasteiger partial charge is 0.494 e. The Balaban J connectivity index is 1.98. The number of piperidine rings is 1. The second-order valence-electron chi connectivity index (χ2n) is 10.1. The molecule has 5 heteroatoms. The van der Waals surface area contributed by atoms with E-state index < -0.39 is 0 Å². The Bertz CT molecular complexity index is 631. The number of rotatable bonds is 10. The highest BCUT2D eigenvalue weighted by Gasteiger charge is 2.22. The zero-order valence-electron chi connectivity index (χ0n) is 19.9. The minimum atomic E-state index is 0.0388. The van der Waals surface area contributed by atoms with E-state index in [9.17, 15) is 0 Å². The predicted molar refractivity (Wildman–Crippen MR) is 129 cm³/mol. The van der Waals surface area contributed by atoms with Crippen molar-refractivity contribution in [2.75, 3.05) is 32.8 Å². The summed E-state index contributed by atoms with van der Waals surface area (Å²) in [7, 11) is 0. The van der Waals surface area contributed by atoms with Crippen molar-refractivity contribution >= 4 is 11.6 Å². The van der Waals surface area contributed by atoms with Gasteiger partial charge in [-0.1, -0.05) is 41.0 Å². The average Bonchev–Trinajstić information content (AvgIpc) is 2.72. The van der Waals surface area contributed by atoms with Crippen molar-refractivity contribution in [1.82, 2.24) is 10.2 Å². The van der Waals surface area contributed by atoms with Crippen molar-refractivity contribution < 1.29 is 4.74 Å². The van der Waals surface area contributed by atoms with Crippen LogP contribution in [0.1, 0.15) is 66.7 Å². The van der Waals surface area contributed by atoms with Crippen LogP contribution >= 0.6 is 0 Å². The first kappa shape index (κ1) is 24.5. The molecule has 0 bridgehead atoms. The Kier molecular flexibility index (Phi) is 9.96. The molecule has 0 amide bonds. The smallest absolute Gasteiger partial charge is 0.199 e. The number of unbranched alkanes of at least 4 members (excludes halogenated alkanes) is 1. The van der Waals surface area contributed by atoms with Crippen LogP contribution in [0, 0.1) is 17.3 Å². The lowest BCUT2D eigenvalue weighted by atomic mass is 9.94. The molecule has 1 aliphatic rings. The maximum atomic E-state index is 5.92. The molecule has 2 rings (SSSR count). The van der Waals surface area contributed by atoms with Crippen LogP contribution in [-0.4, -0.2) is 43.6 Å². The summed E-state index contributed by atoms with van der Waals surface area (Å²) in [6, 6.07) is 8.15. The Hall–Kier alpha value is -1.75. The Morgan fingerprint density at radius 3 is 2.47 bits per heavy atom. The van der Waals surface area contributed by atoms with E-state index in [2.05, 4.69) is 44.8 Å². The van der Waals surface area contributed by atoms with Crippen LogP contribution in [0.3, 0.4) is 0 Å². The van der Waals surface area contributed by atoms with Crippen molar-refractivity contribution in [3.05, 3.63) is 24.3 Å². The van der Waals surface area contributed by atoms with Crippen LogP contribution in [0.25, 0.3) is 0 Å². The molecule has 5 nitrogen and oxygen atoms in total. The van der Waals surface area contributed by atoms with Crippen molar-refractivity contribution in [1.29, 1.82) is 0 Å². The molecule has 0 saturated carbocycles. The van der Waals surface area contributed by atoms with E-state index >= 15 is 0 Å². The van der Waals surface area contributed by atoms with Gasteiger partial charge in [-0.05, 0) is 73.7 Å². The molecule has 1 fully saturated rings. The zero-order valence-corrected chi connectivity index (χ0v) is 19.9. The fourth-order valence-electron chi connectivity index (χ4n) is 3.42. The van der Waals surface area contributed by atoms with Crippen molar-refractivity contribution in [2.24, 2.45) is 28.0 Å². The first-order chi connectivity index (χ1) is 14.3. The van der Waals surface area contributed by atoms with Crippen LogP contribution < -0.4 is 15.8 Å². The van der Waals surface area contributed by atoms with Gasteiger partial charge in [-0.15, -0.1) is 0 Å². The van der Waals surface area contributed by atoms with Crippen LogP contribution in [0.4, 0.5) is 5.69 Å². The van der Waals surface area contributed by atoms with E-state index in [1.165, 1.54) is 25.7 Å². The van der Waals surface area contributed by atoms with E-state index in [4.69, 9.17) is 15.5 Å². The zero-order chi connectivity index (χ0) is 22.0. The number of nitrogens with two attached hydrogens (primary N) is 1. The second kappa shape index (κ2) is 12.2. The summed E-state index contributed by atoms with van der Waals surface area (Å²) in [5.41, 5.74) is 6.92. The number of hydrogen-bond acceptors (Lipinski definition) is 3. The van der Waals surface area contributed by atoms with Gasteiger partial charge in [0.05, 0.1) is 12.3 Å². The highest BCUT2D eigenvalue weighted by atomic mass is 16.5. The molecule has 1 aromatic rings. The van der Waals surface area contributed by atoms with Gasteiger partial charge in [0.15, 0.2) is 5.96 Å².